The molecule has 32 heavy (non-hydrogen) atoms. The number of aromatic nitrogens is 3. The monoisotopic (exact) mass is 449 g/mol. The van der Waals surface area contributed by atoms with Crippen LogP contribution in [-0.2, 0) is 11.3 Å². The van der Waals surface area contributed by atoms with E-state index in [4.69, 9.17) is 11.6 Å². The molecule has 0 aliphatic carbocycles. The summed E-state index contributed by atoms with van der Waals surface area (Å²) in [5.74, 6) is -0.780. The smallest absolute Gasteiger partial charge is 0.324 e. The maximum absolute atomic E-state index is 12.7. The third kappa shape index (κ3) is 4.55. The minimum absolute atomic E-state index is 0.281. The molecule has 4 rings (SSSR count). The van der Waals surface area contributed by atoms with Gasteiger partial charge in [0.15, 0.2) is 5.65 Å². The largest absolute Gasteiger partial charge is 0.350 e. The van der Waals surface area contributed by atoms with Crippen molar-refractivity contribution in [3.63, 3.8) is 0 Å². The van der Waals surface area contributed by atoms with Crippen LogP contribution in [0.2, 0.25) is 5.02 Å². The first-order valence-electron chi connectivity index (χ1n) is 9.83. The standard InChI is InChI=1S/C23H20ClN5O3/c1-14-3-7-17(8-4-14)26-22(31)16-6-10-20-27-29(23(32)28(20)12-16)13-21(30)25-18-9-5-15(2)19(24)11-18/h3-12H,13H2,1-2H3,(H,25,30)(H,26,31). The summed E-state index contributed by atoms with van der Waals surface area (Å²) in [6.07, 6.45) is 1.41. The predicted molar refractivity (Wildman–Crippen MR) is 123 cm³/mol. The fourth-order valence-electron chi connectivity index (χ4n) is 3.10. The van der Waals surface area contributed by atoms with Gasteiger partial charge in [0.25, 0.3) is 5.91 Å². The van der Waals surface area contributed by atoms with Gasteiger partial charge < -0.3 is 10.6 Å². The number of benzene rings is 2. The summed E-state index contributed by atoms with van der Waals surface area (Å²) in [6.45, 7) is 3.54. The van der Waals surface area contributed by atoms with E-state index in [1.807, 2.05) is 26.0 Å². The highest BCUT2D eigenvalue weighted by atomic mass is 35.5. The third-order valence-corrected chi connectivity index (χ3v) is 5.30. The van der Waals surface area contributed by atoms with E-state index in [0.717, 1.165) is 15.8 Å². The number of hydrogen-bond acceptors (Lipinski definition) is 4. The van der Waals surface area contributed by atoms with Gasteiger partial charge in [0, 0.05) is 22.6 Å². The van der Waals surface area contributed by atoms with Crippen LogP contribution < -0.4 is 16.3 Å². The van der Waals surface area contributed by atoms with Crippen LogP contribution in [0.5, 0.6) is 0 Å². The molecule has 4 aromatic rings. The molecule has 0 saturated heterocycles. The summed E-state index contributed by atoms with van der Waals surface area (Å²) < 4.78 is 2.28. The minimum atomic E-state index is -0.526. The lowest BCUT2D eigenvalue weighted by Gasteiger charge is -2.06. The molecule has 2 heterocycles. The lowest BCUT2D eigenvalue weighted by molar-refractivity contribution is -0.117. The Bertz CT molecular complexity index is 1390. The van der Waals surface area contributed by atoms with Gasteiger partial charge in [0.05, 0.1) is 5.56 Å². The molecule has 0 atom stereocenters. The minimum Gasteiger partial charge on any atom is -0.324 e. The number of hydrogen-bond donors (Lipinski definition) is 2. The number of aryl methyl sites for hydroxylation is 2. The van der Waals surface area contributed by atoms with Gasteiger partial charge >= 0.3 is 5.69 Å². The molecule has 0 aliphatic rings. The second-order valence-corrected chi connectivity index (χ2v) is 7.83. The molecule has 9 heteroatoms. The second kappa shape index (κ2) is 8.68. The highest BCUT2D eigenvalue weighted by molar-refractivity contribution is 6.31. The number of carbonyl (C=O) groups is 2. The Morgan fingerprint density at radius 2 is 1.69 bits per heavy atom. The Morgan fingerprint density at radius 1 is 0.969 bits per heavy atom. The summed E-state index contributed by atoms with van der Waals surface area (Å²) >= 11 is 6.08. The molecule has 2 aromatic carbocycles. The van der Waals surface area contributed by atoms with Crippen LogP contribution in [0.25, 0.3) is 5.65 Å². The van der Waals surface area contributed by atoms with Gasteiger partial charge in [-0.15, -0.1) is 5.10 Å². The molecule has 0 saturated carbocycles. The number of pyridine rings is 1. The lowest BCUT2D eigenvalue weighted by atomic mass is 10.2. The molecule has 0 fully saturated rings. The summed E-state index contributed by atoms with van der Waals surface area (Å²) in [7, 11) is 0. The normalized spacial score (nSPS) is 10.8. The van der Waals surface area contributed by atoms with Crippen LogP contribution in [-0.4, -0.2) is 26.0 Å². The molecule has 0 bridgehead atoms. The average Bonchev–Trinajstić information content (AvgIpc) is 3.07. The SMILES string of the molecule is Cc1ccc(NC(=O)c2ccc3nn(CC(=O)Nc4ccc(C)c(Cl)c4)c(=O)n3c2)cc1. The van der Waals surface area contributed by atoms with Gasteiger partial charge in [-0.2, -0.15) is 0 Å². The van der Waals surface area contributed by atoms with Crippen LogP contribution in [0.3, 0.4) is 0 Å². The lowest BCUT2D eigenvalue weighted by Crippen LogP contribution is -2.28. The van der Waals surface area contributed by atoms with Gasteiger partial charge in [-0.3, -0.25) is 9.59 Å². The van der Waals surface area contributed by atoms with E-state index in [1.165, 1.54) is 10.6 Å². The van der Waals surface area contributed by atoms with Crippen molar-refractivity contribution in [3.05, 3.63) is 93.0 Å². The number of nitrogens with zero attached hydrogens (tertiary/aromatic N) is 3. The van der Waals surface area contributed by atoms with Crippen LogP contribution in [0.4, 0.5) is 11.4 Å². The van der Waals surface area contributed by atoms with E-state index in [2.05, 4.69) is 15.7 Å². The van der Waals surface area contributed by atoms with Crippen molar-refractivity contribution in [1.82, 2.24) is 14.2 Å². The molecule has 0 aliphatic heterocycles. The Hall–Kier alpha value is -3.91. The highest BCUT2D eigenvalue weighted by Crippen LogP contribution is 2.20. The average molecular weight is 450 g/mol. The molecule has 0 radical (unpaired) electrons. The van der Waals surface area contributed by atoms with E-state index in [9.17, 15) is 14.4 Å². The first-order valence-corrected chi connectivity index (χ1v) is 10.2. The number of anilines is 2. The maximum atomic E-state index is 12.7. The molecule has 2 amide bonds. The molecule has 8 nitrogen and oxygen atoms in total. The van der Waals surface area contributed by atoms with Crippen molar-refractivity contribution in [1.29, 1.82) is 0 Å². The Labute approximate surface area is 188 Å². The van der Waals surface area contributed by atoms with Crippen molar-refractivity contribution in [2.24, 2.45) is 0 Å². The number of amides is 2. The van der Waals surface area contributed by atoms with Crippen molar-refractivity contribution in [2.45, 2.75) is 20.4 Å². The zero-order valence-electron chi connectivity index (χ0n) is 17.4. The Kier molecular flexibility index (Phi) is 5.79. The summed E-state index contributed by atoms with van der Waals surface area (Å²) in [5, 5.41) is 10.2. The van der Waals surface area contributed by atoms with Crippen LogP contribution >= 0.6 is 11.6 Å². The third-order valence-electron chi connectivity index (χ3n) is 4.90. The zero-order valence-corrected chi connectivity index (χ0v) is 18.2. The fourth-order valence-corrected chi connectivity index (χ4v) is 3.28. The van der Waals surface area contributed by atoms with E-state index >= 15 is 0 Å². The number of halogens is 1. The molecular formula is C23H20ClN5O3. The number of fused-ring (bicyclic) bond motifs is 1. The number of carbonyl (C=O) groups excluding carboxylic acids is 2. The van der Waals surface area contributed by atoms with Crippen molar-refractivity contribution in [2.75, 3.05) is 10.6 Å². The molecule has 0 unspecified atom stereocenters. The molecule has 162 valence electrons. The number of rotatable bonds is 5. The highest BCUT2D eigenvalue weighted by Gasteiger charge is 2.14. The van der Waals surface area contributed by atoms with Gasteiger partial charge in [0.2, 0.25) is 5.91 Å². The Morgan fingerprint density at radius 3 is 2.41 bits per heavy atom. The molecule has 2 aromatic heterocycles. The van der Waals surface area contributed by atoms with Crippen LogP contribution in [0, 0.1) is 13.8 Å². The van der Waals surface area contributed by atoms with Gasteiger partial charge in [-0.1, -0.05) is 35.4 Å². The summed E-state index contributed by atoms with van der Waals surface area (Å²) in [6, 6.07) is 15.7. The van der Waals surface area contributed by atoms with E-state index in [1.54, 1.807) is 42.5 Å². The van der Waals surface area contributed by atoms with E-state index < -0.39 is 11.6 Å². The van der Waals surface area contributed by atoms with E-state index in [-0.39, 0.29) is 12.5 Å². The second-order valence-electron chi connectivity index (χ2n) is 7.42. The molecule has 0 spiro atoms. The Balaban J connectivity index is 1.51. The topological polar surface area (TPSA) is 97.5 Å². The first kappa shape index (κ1) is 21.3. The quantitative estimate of drug-likeness (QED) is 0.486. The first-order chi connectivity index (χ1) is 15.3. The zero-order chi connectivity index (χ0) is 22.8. The summed E-state index contributed by atoms with van der Waals surface area (Å²) in [5.41, 5.74) is 3.24. The van der Waals surface area contributed by atoms with Crippen LogP contribution in [0.1, 0.15) is 21.5 Å². The van der Waals surface area contributed by atoms with Gasteiger partial charge in [-0.05, 0) is 55.8 Å². The fraction of sp³-hybridized carbons (Fsp3) is 0.130. The van der Waals surface area contributed by atoms with Gasteiger partial charge in [-0.25, -0.2) is 13.9 Å². The van der Waals surface area contributed by atoms with Crippen molar-refractivity contribution in [3.8, 4) is 0 Å². The van der Waals surface area contributed by atoms with Gasteiger partial charge in [0.1, 0.15) is 6.54 Å². The summed E-state index contributed by atoms with van der Waals surface area (Å²) in [4.78, 5) is 37.7. The van der Waals surface area contributed by atoms with Crippen LogP contribution in [0.15, 0.2) is 65.6 Å². The van der Waals surface area contributed by atoms with E-state index in [0.29, 0.717) is 27.6 Å². The predicted octanol–water partition coefficient (Wildman–Crippen LogP) is 3.66. The maximum Gasteiger partial charge on any atom is 0.350 e. The molecular weight excluding hydrogens is 430 g/mol. The number of nitrogens with one attached hydrogen (secondary N) is 2. The van der Waals surface area contributed by atoms with Crippen molar-refractivity contribution >= 4 is 40.4 Å². The van der Waals surface area contributed by atoms with Crippen molar-refractivity contribution < 1.29 is 9.59 Å². The molecule has 2 N–H and O–H groups in total.